The van der Waals surface area contributed by atoms with Crippen LogP contribution in [-0.4, -0.2) is 19.6 Å². The van der Waals surface area contributed by atoms with Gasteiger partial charge in [0.05, 0.1) is 17.0 Å². The second-order valence-corrected chi connectivity index (χ2v) is 16.2. The number of aliphatic hydroxyl groups excluding tert-OH is 1. The van der Waals surface area contributed by atoms with Crippen molar-refractivity contribution in [2.24, 2.45) is 0 Å². The van der Waals surface area contributed by atoms with E-state index in [-0.39, 0.29) is 15.7 Å². The van der Waals surface area contributed by atoms with Crippen LogP contribution >= 0.6 is 0 Å². The number of hydrogen-bond acceptors (Lipinski definition) is 4. The van der Waals surface area contributed by atoms with E-state index in [0.717, 1.165) is 28.8 Å². The Morgan fingerprint density at radius 1 is 0.733 bits per heavy atom. The molecule has 1 aliphatic carbocycles. The first-order chi connectivity index (χ1) is 21.1. The molecule has 0 fully saturated rings. The maximum Gasteiger partial charge on any atom is 0.241 e. The van der Waals surface area contributed by atoms with Crippen LogP contribution in [0.25, 0.3) is 0 Å². The highest BCUT2D eigenvalue weighted by atomic mass is 32.2. The summed E-state index contributed by atoms with van der Waals surface area (Å²) >= 11 is 0. The second-order valence-electron chi connectivity index (χ2n) is 14.5. The summed E-state index contributed by atoms with van der Waals surface area (Å²) in [7, 11) is -3.83. The van der Waals surface area contributed by atoms with Gasteiger partial charge in [-0.05, 0) is 80.5 Å². The van der Waals surface area contributed by atoms with Crippen molar-refractivity contribution >= 4 is 15.7 Å². The molecule has 0 aromatic heterocycles. The Bertz CT molecular complexity index is 1650. The maximum absolute atomic E-state index is 13.4. The number of nitrogens with zero attached hydrogens (tertiary/aromatic N) is 1. The van der Waals surface area contributed by atoms with E-state index in [1.807, 2.05) is 25.1 Å². The topological polar surface area (TPSA) is 69.6 Å². The lowest BCUT2D eigenvalue weighted by Gasteiger charge is -2.28. The van der Waals surface area contributed by atoms with Crippen LogP contribution in [0.5, 0.6) is 0 Å². The first kappa shape index (κ1) is 32.9. The summed E-state index contributed by atoms with van der Waals surface area (Å²) in [5.41, 5.74) is 8.98. The average molecular weight is 625 g/mol. The van der Waals surface area contributed by atoms with Crippen LogP contribution in [0.2, 0.25) is 0 Å². The average Bonchev–Trinajstić information content (AvgIpc) is 3.29. The highest BCUT2D eigenvalue weighted by Crippen LogP contribution is 2.36. The minimum atomic E-state index is -3.83. The molecule has 0 aliphatic heterocycles. The van der Waals surface area contributed by atoms with Gasteiger partial charge in [-0.1, -0.05) is 115 Å². The van der Waals surface area contributed by atoms with Crippen LogP contribution in [-0.2, 0) is 46.8 Å². The Morgan fingerprint density at radius 2 is 1.22 bits per heavy atom. The molecule has 5 rings (SSSR count). The third-order valence-electron chi connectivity index (χ3n) is 8.95. The van der Waals surface area contributed by atoms with Gasteiger partial charge in [0.1, 0.15) is 0 Å². The summed E-state index contributed by atoms with van der Waals surface area (Å²) in [6.07, 6.45) is 0.395. The van der Waals surface area contributed by atoms with Crippen LogP contribution in [0.15, 0.2) is 95.9 Å². The number of benzene rings is 4. The molecule has 2 N–H and O–H groups in total. The number of rotatable bonds is 9. The van der Waals surface area contributed by atoms with Crippen molar-refractivity contribution in [1.82, 2.24) is 4.72 Å². The molecule has 0 unspecified atom stereocenters. The van der Waals surface area contributed by atoms with Gasteiger partial charge in [-0.25, -0.2) is 13.1 Å². The lowest BCUT2D eigenvalue weighted by atomic mass is 9.86. The molecular weight excluding hydrogens is 577 g/mol. The Balaban J connectivity index is 1.47. The lowest BCUT2D eigenvalue weighted by molar-refractivity contribution is 0.151. The molecule has 6 heteroatoms. The van der Waals surface area contributed by atoms with Crippen molar-refractivity contribution in [3.8, 4) is 0 Å². The van der Waals surface area contributed by atoms with Crippen molar-refractivity contribution in [1.29, 1.82) is 0 Å². The van der Waals surface area contributed by atoms with Gasteiger partial charge >= 0.3 is 0 Å². The summed E-state index contributed by atoms with van der Waals surface area (Å²) in [5.74, 6) is 0. The summed E-state index contributed by atoms with van der Waals surface area (Å²) in [4.78, 5) is 2.54. The molecule has 1 aliphatic rings. The highest BCUT2D eigenvalue weighted by molar-refractivity contribution is 7.89. The highest BCUT2D eigenvalue weighted by Gasteiger charge is 2.35. The fraction of sp³-hybridized carbons (Fsp3) is 0.385. The normalized spacial score (nSPS) is 16.9. The quantitative estimate of drug-likeness (QED) is 0.198. The predicted molar refractivity (Wildman–Crippen MR) is 185 cm³/mol. The van der Waals surface area contributed by atoms with Crippen molar-refractivity contribution in [2.75, 3.05) is 4.90 Å². The number of aryl methyl sites for hydroxylation is 1. The smallest absolute Gasteiger partial charge is 0.241 e. The second kappa shape index (κ2) is 12.7. The monoisotopic (exact) mass is 624 g/mol. The Kier molecular flexibility index (Phi) is 9.33. The van der Waals surface area contributed by atoms with E-state index in [1.54, 1.807) is 12.1 Å². The molecule has 0 saturated heterocycles. The van der Waals surface area contributed by atoms with Crippen LogP contribution in [0.3, 0.4) is 0 Å². The molecule has 5 nitrogen and oxygen atoms in total. The number of nitrogens with one attached hydrogen (secondary N) is 1. The third-order valence-corrected chi connectivity index (χ3v) is 10.4. The summed E-state index contributed by atoms with van der Waals surface area (Å²) < 4.78 is 29.6. The molecule has 4 aromatic rings. The van der Waals surface area contributed by atoms with Crippen LogP contribution in [0.1, 0.15) is 93.5 Å². The number of anilines is 1. The fourth-order valence-corrected chi connectivity index (χ4v) is 7.23. The Labute approximate surface area is 270 Å². The summed E-state index contributed by atoms with van der Waals surface area (Å²) in [6.45, 7) is 16.7. The number of fused-ring (bicyclic) bond motifs is 1. The van der Waals surface area contributed by atoms with Crippen molar-refractivity contribution in [3.05, 3.63) is 130 Å². The lowest BCUT2D eigenvalue weighted by Crippen LogP contribution is -2.34. The zero-order chi connectivity index (χ0) is 32.6. The molecule has 0 saturated carbocycles. The fourth-order valence-electron chi connectivity index (χ4n) is 5.99. The van der Waals surface area contributed by atoms with Crippen molar-refractivity contribution in [3.63, 3.8) is 0 Å². The van der Waals surface area contributed by atoms with E-state index >= 15 is 0 Å². The predicted octanol–water partition coefficient (Wildman–Crippen LogP) is 7.99. The molecular formula is C39H48N2O3S. The van der Waals surface area contributed by atoms with E-state index in [4.69, 9.17) is 0 Å². The molecule has 0 amide bonds. The van der Waals surface area contributed by atoms with Gasteiger partial charge in [0.25, 0.3) is 0 Å². The van der Waals surface area contributed by atoms with Crippen molar-refractivity contribution in [2.45, 2.75) is 102 Å². The van der Waals surface area contributed by atoms with E-state index in [1.165, 1.54) is 22.3 Å². The maximum atomic E-state index is 13.4. The van der Waals surface area contributed by atoms with E-state index < -0.39 is 22.2 Å². The van der Waals surface area contributed by atoms with Gasteiger partial charge in [0.2, 0.25) is 10.0 Å². The first-order valence-corrected chi connectivity index (χ1v) is 17.5. The third kappa shape index (κ3) is 7.69. The minimum absolute atomic E-state index is 0.0776. The van der Waals surface area contributed by atoms with Gasteiger partial charge in [-0.3, -0.25) is 0 Å². The van der Waals surface area contributed by atoms with Gasteiger partial charge in [-0.2, -0.15) is 0 Å². The van der Waals surface area contributed by atoms with Gasteiger partial charge in [-0.15, -0.1) is 0 Å². The van der Waals surface area contributed by atoms with E-state index in [9.17, 15) is 13.5 Å². The number of hydrogen-bond donors (Lipinski definition) is 2. The largest absolute Gasteiger partial charge is 0.391 e. The Morgan fingerprint density at radius 3 is 1.69 bits per heavy atom. The standard InChI is InChI=1S/C39H48N2O3S/c1-8-27-13-21-34(22-14-27)45(43,44)40-37-35-24-33(20-15-30(35)23-36(37)42)41(25-28-9-16-31(17-10-28)38(2,3)4)26-29-11-18-32(19-12-29)39(5,6)7/h9-22,24,36-37,40,42H,8,23,25-26H2,1-7H3/t36-,37-/m1/s1. The van der Waals surface area contributed by atoms with Gasteiger partial charge in [0.15, 0.2) is 0 Å². The number of aliphatic hydroxyl groups is 1. The molecule has 0 radical (unpaired) electrons. The molecule has 238 valence electrons. The molecule has 45 heavy (non-hydrogen) atoms. The zero-order valence-electron chi connectivity index (χ0n) is 27.8. The minimum Gasteiger partial charge on any atom is -0.391 e. The number of sulfonamides is 1. The molecule has 4 aromatic carbocycles. The molecule has 0 heterocycles. The molecule has 0 bridgehead atoms. The van der Waals surface area contributed by atoms with Crippen LogP contribution in [0, 0.1) is 0 Å². The zero-order valence-corrected chi connectivity index (χ0v) is 28.6. The molecule has 0 spiro atoms. The van der Waals surface area contributed by atoms with Gasteiger partial charge < -0.3 is 10.0 Å². The summed E-state index contributed by atoms with van der Waals surface area (Å²) in [6, 6.07) is 30.1. The molecule has 2 atom stereocenters. The van der Waals surface area contributed by atoms with Crippen LogP contribution < -0.4 is 9.62 Å². The summed E-state index contributed by atoms with van der Waals surface area (Å²) in [5, 5.41) is 11.0. The van der Waals surface area contributed by atoms with E-state index in [0.29, 0.717) is 19.5 Å². The SMILES string of the molecule is CCc1ccc(S(=O)(=O)N[C@@H]2c3cc(N(Cc4ccc(C(C)(C)C)cc4)Cc4ccc(C(C)(C)C)cc4)ccc3C[C@H]2O)cc1. The van der Waals surface area contributed by atoms with Crippen molar-refractivity contribution < 1.29 is 13.5 Å². The van der Waals surface area contributed by atoms with E-state index in [2.05, 4.69) is 112 Å². The van der Waals surface area contributed by atoms with Gasteiger partial charge in [0, 0.05) is 25.2 Å². The first-order valence-electron chi connectivity index (χ1n) is 16.0. The Hall–Kier alpha value is -3.45. The van der Waals surface area contributed by atoms with Crippen LogP contribution in [0.4, 0.5) is 5.69 Å².